The molecule has 0 heterocycles. The number of benzene rings is 1. The van der Waals surface area contributed by atoms with E-state index in [0.29, 0.717) is 6.42 Å². The molecule has 0 saturated carbocycles. The Morgan fingerprint density at radius 1 is 0.895 bits per heavy atom. The summed E-state index contributed by atoms with van der Waals surface area (Å²) in [6.45, 7) is 3.52. The van der Waals surface area contributed by atoms with E-state index in [9.17, 15) is 29.1 Å². The van der Waals surface area contributed by atoms with Crippen LogP contribution in [0, 0.1) is 5.92 Å². The molecule has 0 saturated heterocycles. The Bertz CT molecular complexity index is 997. The molecule has 1 aromatic carbocycles. The van der Waals surface area contributed by atoms with E-state index in [0.717, 1.165) is 5.56 Å². The van der Waals surface area contributed by atoms with Crippen molar-refractivity contribution in [3.63, 3.8) is 0 Å². The molecule has 14 nitrogen and oxygen atoms in total. The molecule has 0 aliphatic carbocycles. The molecule has 0 radical (unpaired) electrons. The van der Waals surface area contributed by atoms with Gasteiger partial charge in [-0.3, -0.25) is 24.2 Å². The number of amides is 3. The van der Waals surface area contributed by atoms with Crippen LogP contribution in [0.25, 0.3) is 0 Å². The van der Waals surface area contributed by atoms with Crippen molar-refractivity contribution in [1.82, 2.24) is 16.0 Å². The van der Waals surface area contributed by atoms with Gasteiger partial charge in [0.05, 0.1) is 12.5 Å². The molecule has 0 aromatic heterocycles. The van der Waals surface area contributed by atoms with Crippen LogP contribution < -0.4 is 33.2 Å². The van der Waals surface area contributed by atoms with Crippen LogP contribution in [0.5, 0.6) is 0 Å². The number of hydrogen-bond donors (Lipinski definition) is 8. The van der Waals surface area contributed by atoms with Crippen LogP contribution >= 0.6 is 0 Å². The minimum absolute atomic E-state index is 0.0796. The average Bonchev–Trinajstić information content (AvgIpc) is 2.83. The highest BCUT2D eigenvalue weighted by Gasteiger charge is 2.32. The normalized spacial score (nSPS) is 13.9. The molecule has 14 heteroatoms. The van der Waals surface area contributed by atoms with E-state index in [2.05, 4.69) is 20.9 Å². The second-order valence-electron chi connectivity index (χ2n) is 9.03. The summed E-state index contributed by atoms with van der Waals surface area (Å²) in [6, 6.07) is 3.88. The minimum Gasteiger partial charge on any atom is -0.481 e. The van der Waals surface area contributed by atoms with E-state index in [1.165, 1.54) is 0 Å². The molecular formula is C24H37N7O7. The Kier molecular flexibility index (Phi) is 13.2. The van der Waals surface area contributed by atoms with Gasteiger partial charge in [0, 0.05) is 13.0 Å². The smallest absolute Gasteiger partial charge is 0.326 e. The highest BCUT2D eigenvalue weighted by molar-refractivity contribution is 5.94. The van der Waals surface area contributed by atoms with Gasteiger partial charge in [-0.2, -0.15) is 0 Å². The van der Waals surface area contributed by atoms with Crippen molar-refractivity contribution in [2.45, 2.75) is 63.7 Å². The number of carbonyl (C=O) groups excluding carboxylic acids is 3. The number of nitrogens with one attached hydrogen (secondary N) is 3. The summed E-state index contributed by atoms with van der Waals surface area (Å²) in [4.78, 5) is 65.0. The molecule has 0 aliphatic rings. The van der Waals surface area contributed by atoms with Crippen LogP contribution in [-0.2, 0) is 30.4 Å². The summed E-state index contributed by atoms with van der Waals surface area (Å²) in [6.07, 6.45) is -0.0753. The third kappa shape index (κ3) is 11.7. The van der Waals surface area contributed by atoms with Gasteiger partial charge in [0.15, 0.2) is 5.96 Å². The van der Waals surface area contributed by atoms with Crippen LogP contribution in [0.4, 0.5) is 0 Å². The highest BCUT2D eigenvalue weighted by Crippen LogP contribution is 2.08. The quantitative estimate of drug-likeness (QED) is 0.0675. The van der Waals surface area contributed by atoms with E-state index in [-0.39, 0.29) is 25.3 Å². The Balaban J connectivity index is 3.02. The number of guanidine groups is 1. The molecule has 1 rings (SSSR count). The van der Waals surface area contributed by atoms with Gasteiger partial charge >= 0.3 is 11.9 Å². The zero-order chi connectivity index (χ0) is 28.8. The standard InChI is InChI=1S/C24H37N7O7/c1-13(2)19(22(36)30-17(23(37)38)12-18(32)33)31-21(35)16(11-14-7-4-3-5-8-14)29-20(34)15(25)9-6-10-28-24(26)27/h3-5,7-8,13,15-17,19H,6,9-12,25H2,1-2H3,(H,29,34)(H,30,36)(H,31,35)(H,32,33)(H,37,38)(H4,26,27,28). The molecule has 11 N–H and O–H groups in total. The van der Waals surface area contributed by atoms with Gasteiger partial charge in [0.25, 0.3) is 0 Å². The fraction of sp³-hybridized carbons (Fsp3) is 0.500. The van der Waals surface area contributed by atoms with E-state index >= 15 is 0 Å². The topological polar surface area (TPSA) is 252 Å². The first kappa shape index (κ1) is 31.8. The van der Waals surface area contributed by atoms with E-state index in [4.69, 9.17) is 22.3 Å². The van der Waals surface area contributed by atoms with Gasteiger partial charge in [-0.25, -0.2) is 4.79 Å². The molecule has 0 aliphatic heterocycles. The third-order valence-corrected chi connectivity index (χ3v) is 5.46. The number of carboxylic acid groups (broad SMARTS) is 2. The zero-order valence-corrected chi connectivity index (χ0v) is 21.4. The Morgan fingerprint density at radius 2 is 1.50 bits per heavy atom. The number of hydrogen-bond acceptors (Lipinski definition) is 7. The lowest BCUT2D eigenvalue weighted by Gasteiger charge is -2.27. The van der Waals surface area contributed by atoms with Gasteiger partial charge in [-0.15, -0.1) is 0 Å². The number of aliphatic carboxylic acids is 2. The molecule has 3 amide bonds. The van der Waals surface area contributed by atoms with Gasteiger partial charge in [-0.05, 0) is 24.3 Å². The van der Waals surface area contributed by atoms with Crippen molar-refractivity contribution in [2.75, 3.05) is 6.54 Å². The molecular weight excluding hydrogens is 498 g/mol. The summed E-state index contributed by atoms with van der Waals surface area (Å²) in [5.74, 6) is -5.69. The second kappa shape index (κ2) is 15.8. The van der Waals surface area contributed by atoms with Crippen LogP contribution in [0.15, 0.2) is 35.3 Å². The lowest BCUT2D eigenvalue weighted by atomic mass is 10.00. The van der Waals surface area contributed by atoms with Crippen LogP contribution in [0.2, 0.25) is 0 Å². The summed E-state index contributed by atoms with van der Waals surface area (Å²) in [7, 11) is 0. The van der Waals surface area contributed by atoms with E-state index in [1.54, 1.807) is 44.2 Å². The Labute approximate surface area is 220 Å². The first-order valence-electron chi connectivity index (χ1n) is 12.0. The predicted molar refractivity (Wildman–Crippen MR) is 139 cm³/mol. The summed E-state index contributed by atoms with van der Waals surface area (Å²) < 4.78 is 0. The number of nitrogens with two attached hydrogens (primary N) is 3. The average molecular weight is 536 g/mol. The highest BCUT2D eigenvalue weighted by atomic mass is 16.4. The van der Waals surface area contributed by atoms with Gasteiger partial charge < -0.3 is 43.4 Å². The molecule has 210 valence electrons. The fourth-order valence-electron chi connectivity index (χ4n) is 3.41. The number of nitrogens with zero attached hydrogens (tertiary/aromatic N) is 1. The molecule has 0 spiro atoms. The predicted octanol–water partition coefficient (Wildman–Crippen LogP) is -1.72. The van der Waals surface area contributed by atoms with Crippen molar-refractivity contribution in [3.8, 4) is 0 Å². The molecule has 4 unspecified atom stereocenters. The minimum atomic E-state index is -1.69. The lowest BCUT2D eigenvalue weighted by Crippen LogP contribution is -2.59. The maximum Gasteiger partial charge on any atom is 0.326 e. The Morgan fingerprint density at radius 3 is 2.03 bits per heavy atom. The number of carbonyl (C=O) groups is 5. The van der Waals surface area contributed by atoms with Crippen molar-refractivity contribution in [2.24, 2.45) is 28.1 Å². The Hall–Kier alpha value is -4.20. The molecule has 1 aromatic rings. The molecule has 0 bridgehead atoms. The second-order valence-corrected chi connectivity index (χ2v) is 9.03. The lowest BCUT2D eigenvalue weighted by molar-refractivity contribution is -0.147. The third-order valence-electron chi connectivity index (χ3n) is 5.46. The maximum absolute atomic E-state index is 13.3. The van der Waals surface area contributed by atoms with E-state index < -0.39 is 66.2 Å². The van der Waals surface area contributed by atoms with Crippen molar-refractivity contribution >= 4 is 35.6 Å². The summed E-state index contributed by atoms with van der Waals surface area (Å²) >= 11 is 0. The summed E-state index contributed by atoms with van der Waals surface area (Å²) in [5, 5.41) is 25.5. The SMILES string of the molecule is CC(C)C(NC(=O)C(Cc1ccccc1)NC(=O)C(N)CCCN=C(N)N)C(=O)NC(CC(=O)O)C(=O)O. The monoisotopic (exact) mass is 535 g/mol. The number of rotatable bonds is 16. The van der Waals surface area contributed by atoms with Crippen LogP contribution in [0.1, 0.15) is 38.7 Å². The van der Waals surface area contributed by atoms with Gasteiger partial charge in [0.1, 0.15) is 18.1 Å². The molecule has 0 fully saturated rings. The molecule has 38 heavy (non-hydrogen) atoms. The summed E-state index contributed by atoms with van der Waals surface area (Å²) in [5.41, 5.74) is 17.3. The number of aliphatic imine (C=N–C) groups is 1. The maximum atomic E-state index is 13.3. The van der Waals surface area contributed by atoms with Gasteiger partial charge in [-0.1, -0.05) is 44.2 Å². The van der Waals surface area contributed by atoms with E-state index in [1.807, 2.05) is 0 Å². The molecule has 4 atom stereocenters. The van der Waals surface area contributed by atoms with Crippen molar-refractivity contribution in [1.29, 1.82) is 0 Å². The largest absolute Gasteiger partial charge is 0.481 e. The number of carboxylic acids is 2. The van der Waals surface area contributed by atoms with Crippen molar-refractivity contribution < 1.29 is 34.2 Å². The van der Waals surface area contributed by atoms with Crippen molar-refractivity contribution in [3.05, 3.63) is 35.9 Å². The van der Waals surface area contributed by atoms with Gasteiger partial charge in [0.2, 0.25) is 17.7 Å². The zero-order valence-electron chi connectivity index (χ0n) is 21.4. The van der Waals surface area contributed by atoms with Crippen LogP contribution in [0.3, 0.4) is 0 Å². The fourth-order valence-corrected chi connectivity index (χ4v) is 3.41. The van der Waals surface area contributed by atoms with Crippen LogP contribution in [-0.4, -0.2) is 76.5 Å². The first-order valence-corrected chi connectivity index (χ1v) is 12.0. The first-order chi connectivity index (χ1) is 17.8.